The van der Waals surface area contributed by atoms with Crippen LogP contribution in [0.1, 0.15) is 34.6 Å². The number of hydrogen-bond donors (Lipinski definition) is 1. The van der Waals surface area contributed by atoms with Gasteiger partial charge in [-0.25, -0.2) is 4.79 Å². The van der Waals surface area contributed by atoms with E-state index in [1.807, 2.05) is 19.1 Å². The molecule has 1 aromatic carbocycles. The molecule has 0 atom stereocenters. The lowest BCUT2D eigenvalue weighted by Gasteiger charge is -2.07. The second-order valence-corrected chi connectivity index (χ2v) is 5.80. The molecule has 0 spiro atoms. The van der Waals surface area contributed by atoms with Gasteiger partial charge >= 0.3 is 5.97 Å². The number of nitrogens with two attached hydrogens (primary N) is 1. The summed E-state index contributed by atoms with van der Waals surface area (Å²) in [4.78, 5) is 13.1. The Morgan fingerprint density at radius 1 is 1.25 bits per heavy atom. The van der Waals surface area contributed by atoms with Crippen LogP contribution in [0.2, 0.25) is 0 Å². The number of anilines is 1. The van der Waals surface area contributed by atoms with Crippen molar-refractivity contribution in [1.29, 1.82) is 0 Å². The fraction of sp³-hybridized carbons (Fsp3) is 0.312. The Morgan fingerprint density at radius 2 is 1.90 bits per heavy atom. The summed E-state index contributed by atoms with van der Waals surface area (Å²) in [6.07, 6.45) is 0.996. The summed E-state index contributed by atoms with van der Waals surface area (Å²) in [5.74, 6) is -0.344. The van der Waals surface area contributed by atoms with Crippen molar-refractivity contribution in [1.82, 2.24) is 0 Å². The molecule has 1 heterocycles. The number of carbonyl (C=O) groups excluding carboxylic acids is 1. The van der Waals surface area contributed by atoms with Gasteiger partial charge in [0.1, 0.15) is 10.6 Å². The highest BCUT2D eigenvalue weighted by Crippen LogP contribution is 2.38. The average Bonchev–Trinajstić information content (AvgIpc) is 2.74. The Labute approximate surface area is 123 Å². The second-order valence-electron chi connectivity index (χ2n) is 4.54. The van der Waals surface area contributed by atoms with Crippen LogP contribution in [0.3, 0.4) is 0 Å². The van der Waals surface area contributed by atoms with Gasteiger partial charge < -0.3 is 10.5 Å². The Morgan fingerprint density at radius 3 is 2.45 bits per heavy atom. The van der Waals surface area contributed by atoms with E-state index in [1.54, 1.807) is 6.92 Å². The van der Waals surface area contributed by atoms with Gasteiger partial charge in [-0.3, -0.25) is 0 Å². The van der Waals surface area contributed by atoms with Crippen LogP contribution in [0.4, 0.5) is 5.00 Å². The molecule has 106 valence electrons. The third-order valence-electron chi connectivity index (χ3n) is 3.24. The summed E-state index contributed by atoms with van der Waals surface area (Å²) in [6, 6.07) is 8.24. The van der Waals surface area contributed by atoms with Crippen LogP contribution in [0.15, 0.2) is 24.3 Å². The predicted molar refractivity (Wildman–Crippen MR) is 84.2 cm³/mol. The molecule has 2 rings (SSSR count). The third-order valence-corrected chi connectivity index (χ3v) is 4.18. The molecule has 1 aromatic heterocycles. The smallest absolute Gasteiger partial charge is 0.341 e. The first kappa shape index (κ1) is 14.6. The normalized spacial score (nSPS) is 10.6. The fourth-order valence-electron chi connectivity index (χ4n) is 2.23. The summed E-state index contributed by atoms with van der Waals surface area (Å²) in [6.45, 7) is 6.24. The molecule has 0 amide bonds. The number of aryl methyl sites for hydroxylation is 2. The van der Waals surface area contributed by atoms with Gasteiger partial charge in [0.05, 0.1) is 6.61 Å². The number of nitrogen functional groups attached to an aromatic ring is 1. The van der Waals surface area contributed by atoms with Crippen molar-refractivity contribution >= 4 is 22.3 Å². The molecule has 20 heavy (non-hydrogen) atoms. The molecule has 2 aromatic rings. The zero-order valence-corrected chi connectivity index (χ0v) is 12.8. The standard InChI is InChI=1S/C16H19NO2S/c1-4-11-6-8-12(9-7-11)13-10(3)20-15(17)14(13)16(18)19-5-2/h6-9H,4-5,17H2,1-3H3. The maximum absolute atomic E-state index is 12.1. The van der Waals surface area contributed by atoms with Crippen LogP contribution in [-0.2, 0) is 11.2 Å². The average molecular weight is 289 g/mol. The fourth-order valence-corrected chi connectivity index (χ4v) is 3.17. The van der Waals surface area contributed by atoms with Crippen LogP contribution in [-0.4, -0.2) is 12.6 Å². The molecule has 0 bridgehead atoms. The van der Waals surface area contributed by atoms with E-state index in [0.29, 0.717) is 17.2 Å². The molecule has 0 aliphatic carbocycles. The highest BCUT2D eigenvalue weighted by atomic mass is 32.1. The van der Waals surface area contributed by atoms with Crippen LogP contribution in [0.5, 0.6) is 0 Å². The second kappa shape index (κ2) is 6.09. The van der Waals surface area contributed by atoms with E-state index in [4.69, 9.17) is 10.5 Å². The van der Waals surface area contributed by atoms with E-state index in [0.717, 1.165) is 22.4 Å². The molecular formula is C16H19NO2S. The molecule has 0 saturated heterocycles. The van der Waals surface area contributed by atoms with Gasteiger partial charge in [0.25, 0.3) is 0 Å². The lowest BCUT2D eigenvalue weighted by atomic mass is 9.99. The first-order valence-corrected chi connectivity index (χ1v) is 7.55. The number of benzene rings is 1. The van der Waals surface area contributed by atoms with Gasteiger partial charge in [0.15, 0.2) is 0 Å². The van der Waals surface area contributed by atoms with Gasteiger partial charge in [-0.15, -0.1) is 11.3 Å². The van der Waals surface area contributed by atoms with Gasteiger partial charge in [-0.2, -0.15) is 0 Å². The number of ether oxygens (including phenoxy) is 1. The molecule has 0 aliphatic rings. The van der Waals surface area contributed by atoms with Gasteiger partial charge in [-0.05, 0) is 31.4 Å². The number of carbonyl (C=O) groups is 1. The van der Waals surface area contributed by atoms with Crippen LogP contribution in [0.25, 0.3) is 11.1 Å². The quantitative estimate of drug-likeness (QED) is 0.864. The van der Waals surface area contributed by atoms with E-state index in [1.165, 1.54) is 16.9 Å². The molecule has 0 fully saturated rings. The minimum atomic E-state index is -0.344. The highest BCUT2D eigenvalue weighted by molar-refractivity contribution is 7.16. The molecule has 3 nitrogen and oxygen atoms in total. The van der Waals surface area contributed by atoms with E-state index >= 15 is 0 Å². The van der Waals surface area contributed by atoms with Crippen molar-refractivity contribution in [3.63, 3.8) is 0 Å². The Kier molecular flexibility index (Phi) is 4.45. The van der Waals surface area contributed by atoms with Crippen LogP contribution in [0, 0.1) is 6.92 Å². The van der Waals surface area contributed by atoms with Crippen molar-refractivity contribution in [3.8, 4) is 11.1 Å². The first-order valence-electron chi connectivity index (χ1n) is 6.73. The van der Waals surface area contributed by atoms with E-state index in [-0.39, 0.29) is 5.97 Å². The minimum absolute atomic E-state index is 0.344. The summed E-state index contributed by atoms with van der Waals surface area (Å²) in [7, 11) is 0. The summed E-state index contributed by atoms with van der Waals surface area (Å²) >= 11 is 1.43. The Balaban J connectivity index is 2.51. The molecule has 0 radical (unpaired) electrons. The highest BCUT2D eigenvalue weighted by Gasteiger charge is 2.22. The van der Waals surface area contributed by atoms with Crippen LogP contribution >= 0.6 is 11.3 Å². The summed E-state index contributed by atoms with van der Waals surface area (Å²) in [5.41, 5.74) is 9.66. The van der Waals surface area contributed by atoms with Gasteiger partial charge in [0, 0.05) is 10.4 Å². The van der Waals surface area contributed by atoms with Crippen molar-refractivity contribution in [2.75, 3.05) is 12.3 Å². The zero-order chi connectivity index (χ0) is 14.7. The summed E-state index contributed by atoms with van der Waals surface area (Å²) < 4.78 is 5.12. The maximum atomic E-state index is 12.1. The SMILES string of the molecule is CCOC(=O)c1c(N)sc(C)c1-c1ccc(CC)cc1. The third kappa shape index (κ3) is 2.70. The number of thiophene rings is 1. The predicted octanol–water partition coefficient (Wildman–Crippen LogP) is 4.04. The van der Waals surface area contributed by atoms with Crippen molar-refractivity contribution in [2.45, 2.75) is 27.2 Å². The number of hydrogen-bond acceptors (Lipinski definition) is 4. The maximum Gasteiger partial charge on any atom is 0.341 e. The molecule has 0 unspecified atom stereocenters. The van der Waals surface area contributed by atoms with E-state index < -0.39 is 0 Å². The summed E-state index contributed by atoms with van der Waals surface area (Å²) in [5, 5.41) is 0.524. The largest absolute Gasteiger partial charge is 0.462 e. The molecule has 0 aliphatic heterocycles. The number of esters is 1. The van der Waals surface area contributed by atoms with Crippen molar-refractivity contribution in [2.24, 2.45) is 0 Å². The molecule has 2 N–H and O–H groups in total. The topological polar surface area (TPSA) is 52.3 Å². The molecule has 4 heteroatoms. The molecule has 0 saturated carbocycles. The Hall–Kier alpha value is -1.81. The minimum Gasteiger partial charge on any atom is -0.462 e. The van der Waals surface area contributed by atoms with E-state index in [2.05, 4.69) is 19.1 Å². The van der Waals surface area contributed by atoms with Gasteiger partial charge in [-0.1, -0.05) is 31.2 Å². The van der Waals surface area contributed by atoms with E-state index in [9.17, 15) is 4.79 Å². The van der Waals surface area contributed by atoms with Crippen molar-refractivity contribution in [3.05, 3.63) is 40.3 Å². The lowest BCUT2D eigenvalue weighted by molar-refractivity contribution is 0.0529. The molecular weight excluding hydrogens is 270 g/mol. The van der Waals surface area contributed by atoms with Crippen LogP contribution < -0.4 is 5.73 Å². The first-order chi connectivity index (χ1) is 9.58. The number of rotatable bonds is 4. The lowest BCUT2D eigenvalue weighted by Crippen LogP contribution is -2.07. The zero-order valence-electron chi connectivity index (χ0n) is 12.0. The van der Waals surface area contributed by atoms with Crippen molar-refractivity contribution < 1.29 is 9.53 Å². The van der Waals surface area contributed by atoms with Gasteiger partial charge in [0.2, 0.25) is 0 Å². The monoisotopic (exact) mass is 289 g/mol. The Bertz CT molecular complexity index is 614.